The minimum atomic E-state index is -5.08. The first-order chi connectivity index (χ1) is 14.9. The number of nitrogens with zero attached hydrogens (tertiary/aromatic N) is 3. The van der Waals surface area contributed by atoms with Gasteiger partial charge in [-0.3, -0.25) is 9.69 Å². The number of alkyl halides is 6. The summed E-state index contributed by atoms with van der Waals surface area (Å²) in [5, 5.41) is 14.2. The summed E-state index contributed by atoms with van der Waals surface area (Å²) in [6, 6.07) is 0. The molecule has 2 aliphatic heterocycles. The van der Waals surface area contributed by atoms with E-state index in [-0.39, 0.29) is 11.4 Å². The Hall–Kier alpha value is -2.13. The zero-order valence-corrected chi connectivity index (χ0v) is 18.5. The zero-order valence-electron chi connectivity index (χ0n) is 18.5. The molecule has 0 saturated carbocycles. The number of morpholine rings is 1. The minimum Gasteiger partial charge on any atom is -0.475 e. The van der Waals surface area contributed by atoms with Gasteiger partial charge in [-0.05, 0) is 26.9 Å². The van der Waals surface area contributed by atoms with Gasteiger partial charge < -0.3 is 24.7 Å². The Morgan fingerprint density at radius 2 is 1.36 bits per heavy atom. The van der Waals surface area contributed by atoms with E-state index in [0.29, 0.717) is 0 Å². The molecule has 0 aromatic rings. The van der Waals surface area contributed by atoms with Crippen LogP contribution in [0.5, 0.6) is 0 Å². The topological polar surface area (TPSA) is 111 Å². The summed E-state index contributed by atoms with van der Waals surface area (Å²) >= 11 is 0. The second-order valence-electron chi connectivity index (χ2n) is 7.68. The van der Waals surface area contributed by atoms with Crippen molar-refractivity contribution < 1.29 is 55.7 Å². The molecule has 0 aromatic carbocycles. The van der Waals surface area contributed by atoms with Gasteiger partial charge in [0.05, 0.1) is 13.2 Å². The molecule has 15 heteroatoms. The maximum atomic E-state index is 11.4. The van der Waals surface area contributed by atoms with E-state index in [2.05, 4.69) is 23.9 Å². The first-order valence-electron chi connectivity index (χ1n) is 9.75. The molecule has 1 amide bonds. The molecule has 2 heterocycles. The number of carbonyl (C=O) groups is 3. The maximum Gasteiger partial charge on any atom is 0.490 e. The third-order valence-corrected chi connectivity index (χ3v) is 4.99. The van der Waals surface area contributed by atoms with Gasteiger partial charge in [-0.25, -0.2) is 9.59 Å². The summed E-state index contributed by atoms with van der Waals surface area (Å²) in [4.78, 5) is 36.0. The number of hydrogen-bond donors (Lipinski definition) is 2. The molecular formula is C18H29F6N3O6. The summed E-state index contributed by atoms with van der Waals surface area (Å²) in [7, 11) is 4.23. The highest BCUT2D eigenvalue weighted by Crippen LogP contribution is 2.31. The fourth-order valence-corrected chi connectivity index (χ4v) is 3.13. The maximum absolute atomic E-state index is 11.4. The third-order valence-electron chi connectivity index (χ3n) is 4.99. The molecule has 0 radical (unpaired) electrons. The number of piperidine rings is 1. The Morgan fingerprint density at radius 1 is 0.939 bits per heavy atom. The quantitative estimate of drug-likeness (QED) is 0.565. The summed E-state index contributed by atoms with van der Waals surface area (Å²) in [5.41, 5.74) is 0.167. The monoisotopic (exact) mass is 497 g/mol. The van der Waals surface area contributed by atoms with Crippen molar-refractivity contribution in [2.75, 3.05) is 60.0 Å². The van der Waals surface area contributed by atoms with E-state index in [9.17, 15) is 31.1 Å². The molecule has 2 rings (SSSR count). The highest BCUT2D eigenvalue weighted by Gasteiger charge is 2.42. The Labute approximate surface area is 186 Å². The molecule has 1 spiro atoms. The Bertz CT molecular complexity index is 625. The fourth-order valence-electron chi connectivity index (χ4n) is 3.13. The lowest BCUT2D eigenvalue weighted by molar-refractivity contribution is -0.193. The number of likely N-dealkylation sites (N-methyl/N-ethyl adjacent to an activating group) is 1. The smallest absolute Gasteiger partial charge is 0.475 e. The zero-order chi connectivity index (χ0) is 26.0. The predicted octanol–water partition coefficient (Wildman–Crippen LogP) is 1.53. The van der Waals surface area contributed by atoms with Crippen molar-refractivity contribution in [2.45, 2.75) is 37.7 Å². The van der Waals surface area contributed by atoms with Crippen molar-refractivity contribution in [1.29, 1.82) is 0 Å². The van der Waals surface area contributed by atoms with Gasteiger partial charge in [-0.15, -0.1) is 0 Å². The van der Waals surface area contributed by atoms with Crippen LogP contribution in [0.25, 0.3) is 0 Å². The predicted molar refractivity (Wildman–Crippen MR) is 103 cm³/mol. The minimum absolute atomic E-state index is 0.167. The van der Waals surface area contributed by atoms with Crippen LogP contribution in [0.1, 0.15) is 19.8 Å². The van der Waals surface area contributed by atoms with Crippen LogP contribution in [0, 0.1) is 0 Å². The van der Waals surface area contributed by atoms with Crippen LogP contribution in [-0.4, -0.2) is 121 Å². The molecule has 2 fully saturated rings. The summed E-state index contributed by atoms with van der Waals surface area (Å²) in [6.45, 7) is 8.27. The van der Waals surface area contributed by atoms with Crippen LogP contribution in [0.4, 0.5) is 26.3 Å². The van der Waals surface area contributed by atoms with Crippen LogP contribution in [-0.2, 0) is 19.1 Å². The number of carbonyl (C=O) groups excluding carboxylic acids is 1. The summed E-state index contributed by atoms with van der Waals surface area (Å²) < 4.78 is 69.2. The average molecular weight is 497 g/mol. The number of carboxylic acids is 2. The fraction of sp³-hybridized carbons (Fsp3) is 0.833. The van der Waals surface area contributed by atoms with Gasteiger partial charge in [-0.2, -0.15) is 26.3 Å². The Morgan fingerprint density at radius 3 is 1.70 bits per heavy atom. The molecule has 2 saturated heterocycles. The second kappa shape index (κ2) is 12.9. The van der Waals surface area contributed by atoms with Crippen LogP contribution in [0.2, 0.25) is 0 Å². The van der Waals surface area contributed by atoms with E-state index in [1.807, 2.05) is 4.90 Å². The molecule has 0 unspecified atom stereocenters. The third kappa shape index (κ3) is 11.5. The molecule has 2 N–H and O–H groups in total. The van der Waals surface area contributed by atoms with Crippen molar-refractivity contribution in [2.24, 2.45) is 0 Å². The number of aliphatic carboxylic acids is 2. The molecule has 194 valence electrons. The van der Waals surface area contributed by atoms with Crippen molar-refractivity contribution in [1.82, 2.24) is 14.7 Å². The van der Waals surface area contributed by atoms with E-state index in [0.717, 1.165) is 58.8 Å². The SMILES string of the molecule is CC(=O)N1CCC2(CC1)COCCN2CCN(C)C.O=C(O)C(F)(F)F.O=C(O)C(F)(F)F. The van der Waals surface area contributed by atoms with E-state index in [1.165, 1.54) is 0 Å². The van der Waals surface area contributed by atoms with E-state index >= 15 is 0 Å². The van der Waals surface area contributed by atoms with E-state index in [4.69, 9.17) is 24.5 Å². The Balaban J connectivity index is 0.000000605. The normalized spacial score (nSPS) is 18.7. The highest BCUT2D eigenvalue weighted by molar-refractivity contribution is 5.73. The largest absolute Gasteiger partial charge is 0.490 e. The van der Waals surface area contributed by atoms with E-state index in [1.54, 1.807) is 6.92 Å². The van der Waals surface area contributed by atoms with Gasteiger partial charge in [-0.1, -0.05) is 0 Å². The van der Waals surface area contributed by atoms with Gasteiger partial charge >= 0.3 is 24.3 Å². The first kappa shape index (κ1) is 30.9. The first-order valence-corrected chi connectivity index (χ1v) is 9.75. The number of carboxylic acid groups (broad SMARTS) is 2. The van der Waals surface area contributed by atoms with Crippen LogP contribution in [0.3, 0.4) is 0 Å². The number of amides is 1. The molecule has 2 aliphatic rings. The molecule has 33 heavy (non-hydrogen) atoms. The van der Waals surface area contributed by atoms with Crippen LogP contribution in [0.15, 0.2) is 0 Å². The van der Waals surface area contributed by atoms with Crippen LogP contribution >= 0.6 is 0 Å². The molecule has 0 atom stereocenters. The lowest BCUT2D eigenvalue weighted by atomic mass is 9.85. The van der Waals surface area contributed by atoms with Crippen molar-refractivity contribution in [3.8, 4) is 0 Å². The lowest BCUT2D eigenvalue weighted by Crippen LogP contribution is -2.62. The average Bonchev–Trinajstić information content (AvgIpc) is 2.67. The second-order valence-corrected chi connectivity index (χ2v) is 7.68. The van der Waals surface area contributed by atoms with E-state index < -0.39 is 24.3 Å². The van der Waals surface area contributed by atoms with Gasteiger partial charge in [0.2, 0.25) is 5.91 Å². The molecule has 0 aliphatic carbocycles. The molecular weight excluding hydrogens is 468 g/mol. The Kier molecular flexibility index (Phi) is 12.1. The molecule has 0 bridgehead atoms. The van der Waals surface area contributed by atoms with Crippen LogP contribution < -0.4 is 0 Å². The van der Waals surface area contributed by atoms with Gasteiger partial charge in [0.1, 0.15) is 0 Å². The number of ether oxygens (including phenoxy) is 1. The number of halogens is 6. The summed E-state index contributed by atoms with van der Waals surface area (Å²) in [5.74, 6) is -5.31. The summed E-state index contributed by atoms with van der Waals surface area (Å²) in [6.07, 6.45) is -8.08. The highest BCUT2D eigenvalue weighted by atomic mass is 19.4. The number of hydrogen-bond acceptors (Lipinski definition) is 6. The molecule has 0 aromatic heterocycles. The van der Waals surface area contributed by atoms with Crippen molar-refractivity contribution in [3.05, 3.63) is 0 Å². The van der Waals surface area contributed by atoms with Gasteiger partial charge in [0.15, 0.2) is 0 Å². The van der Waals surface area contributed by atoms with Gasteiger partial charge in [0.25, 0.3) is 0 Å². The lowest BCUT2D eigenvalue weighted by Gasteiger charge is -2.51. The molecule has 9 nitrogen and oxygen atoms in total. The number of rotatable bonds is 3. The van der Waals surface area contributed by atoms with Gasteiger partial charge in [0, 0.05) is 45.2 Å². The van der Waals surface area contributed by atoms with Crippen molar-refractivity contribution >= 4 is 17.8 Å². The number of likely N-dealkylation sites (tertiary alicyclic amines) is 1. The standard InChI is InChI=1S/C14H27N3O2.2C2HF3O2/c1-13(18)16-6-4-14(5-7-16)12-19-11-10-17(14)9-8-15(2)3;2*3-2(4,5)1(6)7/h4-12H2,1-3H3;2*(H,6,7). The van der Waals surface area contributed by atoms with Crippen molar-refractivity contribution in [3.63, 3.8) is 0 Å².